The zero-order valence-corrected chi connectivity index (χ0v) is 14.0. The molecule has 0 aliphatic carbocycles. The van der Waals surface area contributed by atoms with Crippen LogP contribution in [0, 0.1) is 0 Å². The Kier molecular flexibility index (Phi) is 3.70. The molecule has 2 N–H and O–H groups in total. The number of aromatic amines is 1. The topological polar surface area (TPSA) is 87.6 Å². The van der Waals surface area contributed by atoms with Crippen LogP contribution in [-0.2, 0) is 4.74 Å². The van der Waals surface area contributed by atoms with E-state index < -0.39 is 5.97 Å². The molecule has 7 heteroatoms. The van der Waals surface area contributed by atoms with Crippen molar-refractivity contribution in [2.75, 3.05) is 7.11 Å². The molecule has 0 saturated heterocycles. The average Bonchev–Trinajstić information content (AvgIpc) is 3.23. The number of carbonyl (C=O) groups is 1. The standard InChI is InChI=1S/C18H13N3O3S/c1-24-18(23)10-2-4-11(5-3-10)19-8-12-15-13(21-17(12)22)6-7-14-16(15)25-9-20-14/h2-9,21-22H,1H3. The first-order valence-corrected chi connectivity index (χ1v) is 8.34. The molecular weight excluding hydrogens is 338 g/mol. The Morgan fingerprint density at radius 3 is 2.84 bits per heavy atom. The van der Waals surface area contributed by atoms with E-state index in [0.717, 1.165) is 21.1 Å². The molecule has 2 heterocycles. The molecule has 0 amide bonds. The minimum absolute atomic E-state index is 0.0610. The lowest BCUT2D eigenvalue weighted by atomic mass is 10.1. The number of aliphatic imine (C=N–C) groups is 1. The Bertz CT molecular complexity index is 1110. The number of esters is 1. The molecule has 4 aromatic rings. The van der Waals surface area contributed by atoms with Crippen molar-refractivity contribution in [2.45, 2.75) is 0 Å². The number of H-pyrrole nitrogens is 1. The van der Waals surface area contributed by atoms with E-state index in [-0.39, 0.29) is 5.88 Å². The van der Waals surface area contributed by atoms with Crippen LogP contribution >= 0.6 is 11.3 Å². The lowest BCUT2D eigenvalue weighted by Crippen LogP contribution is -1.99. The molecule has 6 nitrogen and oxygen atoms in total. The number of benzene rings is 2. The van der Waals surface area contributed by atoms with Crippen LogP contribution in [0.3, 0.4) is 0 Å². The van der Waals surface area contributed by atoms with Crippen molar-refractivity contribution in [3.05, 3.63) is 53.0 Å². The van der Waals surface area contributed by atoms with Gasteiger partial charge in [-0.2, -0.15) is 0 Å². The fraction of sp³-hybridized carbons (Fsp3) is 0.0556. The summed E-state index contributed by atoms with van der Waals surface area (Å²) in [6.45, 7) is 0. The van der Waals surface area contributed by atoms with E-state index >= 15 is 0 Å². The molecule has 0 atom stereocenters. The van der Waals surface area contributed by atoms with Gasteiger partial charge in [0.25, 0.3) is 0 Å². The summed E-state index contributed by atoms with van der Waals surface area (Å²) < 4.78 is 5.67. The first kappa shape index (κ1) is 15.3. The monoisotopic (exact) mass is 351 g/mol. The van der Waals surface area contributed by atoms with Gasteiger partial charge in [-0.15, -0.1) is 11.3 Å². The van der Waals surface area contributed by atoms with E-state index in [9.17, 15) is 9.90 Å². The SMILES string of the molecule is COC(=O)c1ccc(N=Cc2c(O)[nH]c3ccc4ncsc4c23)cc1. The number of nitrogens with zero attached hydrogens (tertiary/aromatic N) is 2. The normalized spacial score (nSPS) is 11.6. The number of nitrogens with one attached hydrogen (secondary N) is 1. The quantitative estimate of drug-likeness (QED) is 0.431. The maximum atomic E-state index is 11.5. The molecule has 0 spiro atoms. The van der Waals surface area contributed by atoms with Gasteiger partial charge in [-0.25, -0.2) is 9.78 Å². The van der Waals surface area contributed by atoms with E-state index in [1.165, 1.54) is 18.4 Å². The summed E-state index contributed by atoms with van der Waals surface area (Å²) in [5.41, 5.74) is 5.23. The number of thiazole rings is 1. The molecular formula is C18H13N3O3S. The predicted octanol–water partition coefficient (Wildman–Crippen LogP) is 4.02. The number of rotatable bonds is 3. The van der Waals surface area contributed by atoms with E-state index in [1.807, 2.05) is 12.1 Å². The Hall–Kier alpha value is -3.19. The van der Waals surface area contributed by atoms with Crippen molar-refractivity contribution in [3.63, 3.8) is 0 Å². The van der Waals surface area contributed by atoms with Gasteiger partial charge in [-0.1, -0.05) is 0 Å². The molecule has 0 saturated carbocycles. The minimum Gasteiger partial charge on any atom is -0.494 e. The first-order chi connectivity index (χ1) is 12.2. The maximum absolute atomic E-state index is 11.5. The average molecular weight is 351 g/mol. The largest absolute Gasteiger partial charge is 0.494 e. The van der Waals surface area contributed by atoms with Crippen LogP contribution in [0.15, 0.2) is 46.9 Å². The summed E-state index contributed by atoms with van der Waals surface area (Å²) >= 11 is 1.52. The Labute approximate surface area is 146 Å². The van der Waals surface area contributed by atoms with Crippen molar-refractivity contribution >= 4 is 50.3 Å². The second-order valence-electron chi connectivity index (χ2n) is 5.37. The number of fused-ring (bicyclic) bond motifs is 3. The molecule has 25 heavy (non-hydrogen) atoms. The highest BCUT2D eigenvalue weighted by molar-refractivity contribution is 7.17. The van der Waals surface area contributed by atoms with E-state index in [1.54, 1.807) is 36.0 Å². The number of hydrogen-bond donors (Lipinski definition) is 2. The summed E-state index contributed by atoms with van der Waals surface area (Å²) in [7, 11) is 1.34. The Balaban J connectivity index is 1.75. The van der Waals surface area contributed by atoms with Crippen LogP contribution in [0.2, 0.25) is 0 Å². The third kappa shape index (κ3) is 2.64. The zero-order chi connectivity index (χ0) is 17.4. The molecule has 4 rings (SSSR count). The fourth-order valence-corrected chi connectivity index (χ4v) is 3.53. The number of aromatic hydroxyl groups is 1. The van der Waals surface area contributed by atoms with Crippen LogP contribution < -0.4 is 0 Å². The molecule has 0 radical (unpaired) electrons. The molecule has 2 aromatic heterocycles. The lowest BCUT2D eigenvalue weighted by Gasteiger charge is -1.99. The predicted molar refractivity (Wildman–Crippen MR) is 98.2 cm³/mol. The highest BCUT2D eigenvalue weighted by Gasteiger charge is 2.13. The van der Waals surface area contributed by atoms with Crippen LogP contribution in [0.1, 0.15) is 15.9 Å². The van der Waals surface area contributed by atoms with Crippen molar-refractivity contribution < 1.29 is 14.6 Å². The Morgan fingerprint density at radius 2 is 2.08 bits per heavy atom. The van der Waals surface area contributed by atoms with E-state index in [2.05, 4.69) is 19.7 Å². The Morgan fingerprint density at radius 1 is 1.28 bits per heavy atom. The number of methoxy groups -OCH3 is 1. The highest BCUT2D eigenvalue weighted by Crippen LogP contribution is 2.34. The van der Waals surface area contributed by atoms with Crippen LogP contribution in [0.25, 0.3) is 21.1 Å². The van der Waals surface area contributed by atoms with Gasteiger partial charge in [-0.3, -0.25) is 4.99 Å². The van der Waals surface area contributed by atoms with Crippen molar-refractivity contribution in [1.82, 2.24) is 9.97 Å². The van der Waals surface area contributed by atoms with Crippen LogP contribution in [0.4, 0.5) is 5.69 Å². The van der Waals surface area contributed by atoms with E-state index in [0.29, 0.717) is 16.8 Å². The van der Waals surface area contributed by atoms with Crippen molar-refractivity contribution in [2.24, 2.45) is 4.99 Å². The minimum atomic E-state index is -0.391. The second kappa shape index (κ2) is 6.03. The summed E-state index contributed by atoms with van der Waals surface area (Å²) in [4.78, 5) is 23.1. The molecule has 124 valence electrons. The number of hydrogen-bond acceptors (Lipinski definition) is 6. The van der Waals surface area contributed by atoms with Gasteiger partial charge in [0.15, 0.2) is 5.88 Å². The van der Waals surface area contributed by atoms with Crippen molar-refractivity contribution in [1.29, 1.82) is 0 Å². The van der Waals surface area contributed by atoms with Gasteiger partial charge in [0.2, 0.25) is 0 Å². The summed E-state index contributed by atoms with van der Waals surface area (Å²) in [6.07, 6.45) is 1.61. The third-order valence-corrected chi connectivity index (χ3v) is 4.77. The fourth-order valence-electron chi connectivity index (χ4n) is 2.68. The van der Waals surface area contributed by atoms with Gasteiger partial charge in [0.1, 0.15) is 0 Å². The number of carbonyl (C=O) groups excluding carboxylic acids is 1. The van der Waals surface area contributed by atoms with Crippen molar-refractivity contribution in [3.8, 4) is 5.88 Å². The van der Waals surface area contributed by atoms with Gasteiger partial charge < -0.3 is 14.8 Å². The van der Waals surface area contributed by atoms with E-state index in [4.69, 9.17) is 0 Å². The molecule has 0 aliphatic heterocycles. The maximum Gasteiger partial charge on any atom is 0.337 e. The second-order valence-corrected chi connectivity index (χ2v) is 6.23. The van der Waals surface area contributed by atoms with Crippen LogP contribution in [0.5, 0.6) is 5.88 Å². The molecule has 0 aliphatic rings. The molecule has 2 aromatic carbocycles. The third-order valence-electron chi connectivity index (χ3n) is 3.91. The number of aromatic nitrogens is 2. The van der Waals surface area contributed by atoms with Crippen LogP contribution in [-0.4, -0.2) is 34.4 Å². The zero-order valence-electron chi connectivity index (χ0n) is 13.2. The number of ether oxygens (including phenoxy) is 1. The first-order valence-electron chi connectivity index (χ1n) is 7.46. The van der Waals surface area contributed by atoms with Gasteiger partial charge in [0.05, 0.1) is 45.2 Å². The van der Waals surface area contributed by atoms with Gasteiger partial charge >= 0.3 is 5.97 Å². The molecule has 0 fully saturated rings. The smallest absolute Gasteiger partial charge is 0.337 e. The lowest BCUT2D eigenvalue weighted by molar-refractivity contribution is 0.0601. The summed E-state index contributed by atoms with van der Waals surface area (Å²) in [5, 5.41) is 11.1. The highest BCUT2D eigenvalue weighted by atomic mass is 32.1. The molecule has 0 unspecified atom stereocenters. The molecule has 0 bridgehead atoms. The van der Waals surface area contributed by atoms with Gasteiger partial charge in [-0.05, 0) is 36.4 Å². The summed E-state index contributed by atoms with van der Waals surface area (Å²) in [5.74, 6) is -0.330. The van der Waals surface area contributed by atoms with Gasteiger partial charge in [0, 0.05) is 11.6 Å². The summed E-state index contributed by atoms with van der Waals surface area (Å²) in [6, 6.07) is 10.5.